The summed E-state index contributed by atoms with van der Waals surface area (Å²) >= 11 is 0. The Morgan fingerprint density at radius 2 is 1.60 bits per heavy atom. The van der Waals surface area contributed by atoms with E-state index < -0.39 is 0 Å². The van der Waals surface area contributed by atoms with Crippen molar-refractivity contribution < 1.29 is 13.9 Å². The van der Waals surface area contributed by atoms with Gasteiger partial charge >= 0.3 is 0 Å². The first-order valence-corrected chi connectivity index (χ1v) is 8.40. The number of aliphatic hydroxyl groups excluding tert-OH is 1. The highest BCUT2D eigenvalue weighted by Gasteiger charge is 2.26. The fourth-order valence-electron chi connectivity index (χ4n) is 3.31. The third-order valence-electron chi connectivity index (χ3n) is 4.47. The number of nitrogens with zero attached hydrogens (tertiary/aromatic N) is 4. The summed E-state index contributed by atoms with van der Waals surface area (Å²) in [6.45, 7) is 3.70. The van der Waals surface area contributed by atoms with Gasteiger partial charge in [0, 0.05) is 57.8 Å². The molecule has 7 heteroatoms. The van der Waals surface area contributed by atoms with Crippen molar-refractivity contribution in [2.75, 3.05) is 26.2 Å². The average Bonchev–Trinajstić information content (AvgIpc) is 2.58. The summed E-state index contributed by atoms with van der Waals surface area (Å²) in [5.41, 5.74) is 1.66. The van der Waals surface area contributed by atoms with E-state index in [1.165, 1.54) is 24.5 Å². The molecular weight excluding hydrogens is 326 g/mol. The highest BCUT2D eigenvalue weighted by atomic mass is 19.1. The van der Waals surface area contributed by atoms with Crippen LogP contribution >= 0.6 is 0 Å². The van der Waals surface area contributed by atoms with E-state index in [9.17, 15) is 13.9 Å². The van der Waals surface area contributed by atoms with Crippen molar-refractivity contribution in [1.29, 1.82) is 0 Å². The van der Waals surface area contributed by atoms with E-state index in [4.69, 9.17) is 0 Å². The molecule has 3 heterocycles. The van der Waals surface area contributed by atoms with E-state index in [0.29, 0.717) is 19.5 Å². The van der Waals surface area contributed by atoms with E-state index in [0.717, 1.165) is 30.8 Å². The molecule has 134 valence electrons. The minimum Gasteiger partial charge on any atom is -0.396 e. The second-order valence-electron chi connectivity index (χ2n) is 6.39. The van der Waals surface area contributed by atoms with E-state index in [1.54, 1.807) is 12.4 Å². The van der Waals surface area contributed by atoms with Crippen molar-refractivity contribution in [3.05, 3.63) is 59.7 Å². The maximum Gasteiger partial charge on any atom is 0.141 e. The fourth-order valence-corrected chi connectivity index (χ4v) is 3.31. The normalized spacial score (nSPS) is 19.2. The fraction of sp³-hybridized carbons (Fsp3) is 0.444. The maximum absolute atomic E-state index is 13.3. The molecule has 1 N–H and O–H groups in total. The molecule has 0 radical (unpaired) electrons. The molecule has 1 fully saturated rings. The Balaban J connectivity index is 1.63. The molecule has 0 aromatic carbocycles. The van der Waals surface area contributed by atoms with E-state index >= 15 is 0 Å². The molecule has 1 aliphatic heterocycles. The highest BCUT2D eigenvalue weighted by Crippen LogP contribution is 2.18. The summed E-state index contributed by atoms with van der Waals surface area (Å²) in [6, 6.07) is 3.15. The van der Waals surface area contributed by atoms with Gasteiger partial charge in [0.15, 0.2) is 0 Å². The molecule has 0 saturated carbocycles. The van der Waals surface area contributed by atoms with Crippen LogP contribution in [0.5, 0.6) is 0 Å². The largest absolute Gasteiger partial charge is 0.396 e. The van der Waals surface area contributed by atoms with Gasteiger partial charge in [-0.2, -0.15) is 0 Å². The molecule has 3 rings (SSSR count). The summed E-state index contributed by atoms with van der Waals surface area (Å²) in [5.74, 6) is -0.671. The second-order valence-corrected chi connectivity index (χ2v) is 6.39. The number of halogens is 2. The molecular formula is C18H22F2N4O. The summed E-state index contributed by atoms with van der Waals surface area (Å²) in [5, 5.41) is 9.38. The van der Waals surface area contributed by atoms with Gasteiger partial charge in [0.2, 0.25) is 0 Å². The Labute approximate surface area is 145 Å². The summed E-state index contributed by atoms with van der Waals surface area (Å²) in [7, 11) is 0. The van der Waals surface area contributed by atoms with Crippen molar-refractivity contribution >= 4 is 0 Å². The van der Waals surface area contributed by atoms with Gasteiger partial charge in [0.1, 0.15) is 11.6 Å². The number of aliphatic hydroxyl groups is 1. The Morgan fingerprint density at radius 1 is 0.960 bits per heavy atom. The maximum atomic E-state index is 13.3. The lowest BCUT2D eigenvalue weighted by Gasteiger charge is -2.41. The standard InChI is InChI=1S/C18H22F2N4O/c19-16-5-14(7-21-9-16)11-23-2-3-24(18(13-23)1-4-25)12-15-6-17(20)10-22-8-15/h5-10,18,25H,1-4,11-13H2/t18-/m1/s1. The van der Waals surface area contributed by atoms with Crippen LogP contribution in [-0.2, 0) is 13.1 Å². The number of rotatable bonds is 6. The highest BCUT2D eigenvalue weighted by molar-refractivity contribution is 5.12. The van der Waals surface area contributed by atoms with Gasteiger partial charge in [0.05, 0.1) is 12.4 Å². The van der Waals surface area contributed by atoms with Gasteiger partial charge in [-0.1, -0.05) is 0 Å². The zero-order valence-electron chi connectivity index (χ0n) is 14.0. The Bertz CT molecular complexity index is 700. The summed E-state index contributed by atoms with van der Waals surface area (Å²) < 4.78 is 26.6. The molecule has 2 aromatic heterocycles. The molecule has 2 aromatic rings. The molecule has 0 unspecified atom stereocenters. The molecule has 1 aliphatic rings. The first-order valence-electron chi connectivity index (χ1n) is 8.40. The Hall–Kier alpha value is -1.96. The number of hydrogen-bond acceptors (Lipinski definition) is 5. The van der Waals surface area contributed by atoms with Crippen LogP contribution in [0.25, 0.3) is 0 Å². The smallest absolute Gasteiger partial charge is 0.141 e. The van der Waals surface area contributed by atoms with Crippen LogP contribution in [0.15, 0.2) is 36.9 Å². The summed E-state index contributed by atoms with van der Waals surface area (Å²) in [6.07, 6.45) is 6.38. The minimum atomic E-state index is -0.339. The van der Waals surface area contributed by atoms with Gasteiger partial charge in [-0.25, -0.2) is 8.78 Å². The molecule has 1 saturated heterocycles. The van der Waals surface area contributed by atoms with Crippen molar-refractivity contribution in [3.8, 4) is 0 Å². The van der Waals surface area contributed by atoms with Crippen molar-refractivity contribution in [3.63, 3.8) is 0 Å². The van der Waals surface area contributed by atoms with Gasteiger partial charge in [0.25, 0.3) is 0 Å². The topological polar surface area (TPSA) is 52.5 Å². The lowest BCUT2D eigenvalue weighted by Crippen LogP contribution is -2.52. The zero-order chi connectivity index (χ0) is 17.6. The SMILES string of the molecule is OCC[C@@H]1CN(Cc2cncc(F)c2)CCN1Cc1cncc(F)c1. The average molecular weight is 348 g/mol. The first-order chi connectivity index (χ1) is 12.1. The van der Waals surface area contributed by atoms with Crippen LogP contribution in [0.3, 0.4) is 0 Å². The third-order valence-corrected chi connectivity index (χ3v) is 4.47. The number of piperazine rings is 1. The van der Waals surface area contributed by atoms with E-state index in [1.807, 2.05) is 0 Å². The van der Waals surface area contributed by atoms with E-state index in [2.05, 4.69) is 19.8 Å². The molecule has 25 heavy (non-hydrogen) atoms. The zero-order valence-corrected chi connectivity index (χ0v) is 14.0. The lowest BCUT2D eigenvalue weighted by atomic mass is 10.1. The Morgan fingerprint density at radius 3 is 2.20 bits per heavy atom. The van der Waals surface area contributed by atoms with Gasteiger partial charge in [-0.15, -0.1) is 0 Å². The number of pyridine rings is 2. The van der Waals surface area contributed by atoms with Crippen LogP contribution in [0.2, 0.25) is 0 Å². The lowest BCUT2D eigenvalue weighted by molar-refractivity contribution is 0.0498. The summed E-state index contributed by atoms with van der Waals surface area (Å²) in [4.78, 5) is 12.3. The van der Waals surface area contributed by atoms with Gasteiger partial charge in [-0.3, -0.25) is 19.8 Å². The van der Waals surface area contributed by atoms with E-state index in [-0.39, 0.29) is 24.3 Å². The monoisotopic (exact) mass is 348 g/mol. The van der Waals surface area contributed by atoms with Crippen LogP contribution in [0, 0.1) is 11.6 Å². The second kappa shape index (κ2) is 8.42. The molecule has 0 bridgehead atoms. The van der Waals surface area contributed by atoms with Gasteiger partial charge < -0.3 is 5.11 Å². The van der Waals surface area contributed by atoms with Crippen molar-refractivity contribution in [2.24, 2.45) is 0 Å². The van der Waals surface area contributed by atoms with Crippen LogP contribution < -0.4 is 0 Å². The molecule has 1 atom stereocenters. The minimum absolute atomic E-state index is 0.0952. The van der Waals surface area contributed by atoms with Crippen molar-refractivity contribution in [1.82, 2.24) is 19.8 Å². The van der Waals surface area contributed by atoms with Crippen LogP contribution in [0.4, 0.5) is 8.78 Å². The molecule has 5 nitrogen and oxygen atoms in total. The van der Waals surface area contributed by atoms with Crippen molar-refractivity contribution in [2.45, 2.75) is 25.6 Å². The number of hydrogen-bond donors (Lipinski definition) is 1. The first kappa shape index (κ1) is 17.8. The third kappa shape index (κ3) is 5.01. The van der Waals surface area contributed by atoms with Crippen LogP contribution in [0.1, 0.15) is 17.5 Å². The quantitative estimate of drug-likeness (QED) is 0.863. The Kier molecular flexibility index (Phi) is 6.01. The molecule has 0 amide bonds. The predicted octanol–water partition coefficient (Wildman–Crippen LogP) is 1.82. The predicted molar refractivity (Wildman–Crippen MR) is 89.6 cm³/mol. The number of aromatic nitrogens is 2. The molecule has 0 aliphatic carbocycles. The molecule has 0 spiro atoms. The van der Waals surface area contributed by atoms with Gasteiger partial charge in [-0.05, 0) is 29.7 Å². The van der Waals surface area contributed by atoms with Crippen LogP contribution in [-0.4, -0.2) is 57.2 Å².